The maximum absolute atomic E-state index is 5.57. The number of aromatic nitrogens is 2. The van der Waals surface area contributed by atoms with Crippen LogP contribution in [0.15, 0.2) is 30.6 Å². The molecule has 0 spiro atoms. The van der Waals surface area contributed by atoms with Crippen LogP contribution < -0.4 is 10.6 Å². The molecule has 0 aliphatic carbocycles. The predicted octanol–water partition coefficient (Wildman–Crippen LogP) is 2.33. The molecule has 2 rings (SSSR count). The van der Waals surface area contributed by atoms with E-state index in [-0.39, 0.29) is 0 Å². The molecule has 1 aromatic heterocycles. The highest BCUT2D eigenvalue weighted by molar-refractivity contribution is 7.09. The van der Waals surface area contributed by atoms with Crippen molar-refractivity contribution in [2.24, 2.45) is 5.73 Å². The first kappa shape index (κ1) is 12.0. The van der Waals surface area contributed by atoms with Gasteiger partial charge in [0.2, 0.25) is 5.13 Å². The minimum atomic E-state index is 0.682. The maximum atomic E-state index is 5.57. The van der Waals surface area contributed by atoms with Gasteiger partial charge in [0, 0.05) is 23.8 Å². The highest BCUT2D eigenvalue weighted by Crippen LogP contribution is 2.26. The molecule has 0 aliphatic rings. The normalized spacial score (nSPS) is 10.5. The quantitative estimate of drug-likeness (QED) is 0.882. The van der Waals surface area contributed by atoms with Crippen molar-refractivity contribution in [1.82, 2.24) is 9.36 Å². The fraction of sp³-hybridized carbons (Fsp3) is 0.333. The molecule has 1 aromatic carbocycles. The molecule has 0 saturated heterocycles. The molecule has 0 atom stereocenters. The molecule has 4 nitrogen and oxygen atoms in total. The van der Waals surface area contributed by atoms with E-state index in [0.717, 1.165) is 23.8 Å². The highest BCUT2D eigenvalue weighted by Gasteiger charge is 2.11. The molecule has 0 aliphatic heterocycles. The van der Waals surface area contributed by atoms with Crippen LogP contribution in [0.5, 0.6) is 0 Å². The summed E-state index contributed by atoms with van der Waals surface area (Å²) in [5.74, 6) is 0. The Bertz CT molecular complexity index is 438. The SMILES string of the molecule is Cc1ccc(N(CCCN)c2ncns2)cc1. The van der Waals surface area contributed by atoms with Crippen molar-refractivity contribution in [2.45, 2.75) is 13.3 Å². The topological polar surface area (TPSA) is 55.0 Å². The number of nitrogens with two attached hydrogens (primary N) is 1. The van der Waals surface area contributed by atoms with Crippen LogP contribution in [-0.4, -0.2) is 22.4 Å². The van der Waals surface area contributed by atoms with E-state index in [9.17, 15) is 0 Å². The summed E-state index contributed by atoms with van der Waals surface area (Å²) in [5, 5.41) is 0.919. The van der Waals surface area contributed by atoms with Crippen LogP contribution >= 0.6 is 11.5 Å². The minimum Gasteiger partial charge on any atom is -0.330 e. The Labute approximate surface area is 105 Å². The first-order chi connectivity index (χ1) is 8.31. The Kier molecular flexibility index (Phi) is 4.06. The van der Waals surface area contributed by atoms with Crippen LogP contribution in [0.25, 0.3) is 0 Å². The van der Waals surface area contributed by atoms with Gasteiger partial charge >= 0.3 is 0 Å². The van der Waals surface area contributed by atoms with E-state index in [4.69, 9.17) is 5.73 Å². The molecule has 2 N–H and O–H groups in total. The Hall–Kier alpha value is -1.46. The summed E-state index contributed by atoms with van der Waals surface area (Å²) in [7, 11) is 0. The molecule has 0 amide bonds. The average Bonchev–Trinajstić information content (AvgIpc) is 2.85. The van der Waals surface area contributed by atoms with Crippen molar-refractivity contribution in [3.05, 3.63) is 36.2 Å². The Balaban J connectivity index is 2.23. The van der Waals surface area contributed by atoms with Gasteiger partial charge in [-0.25, -0.2) is 4.98 Å². The summed E-state index contributed by atoms with van der Waals surface area (Å²) in [6.07, 6.45) is 2.52. The van der Waals surface area contributed by atoms with Gasteiger partial charge < -0.3 is 10.6 Å². The highest BCUT2D eigenvalue weighted by atomic mass is 32.1. The van der Waals surface area contributed by atoms with E-state index in [1.807, 2.05) is 0 Å². The summed E-state index contributed by atoms with van der Waals surface area (Å²) in [5.41, 5.74) is 7.97. The number of benzene rings is 1. The molecule has 2 aromatic rings. The van der Waals surface area contributed by atoms with Gasteiger partial charge in [-0.05, 0) is 32.0 Å². The summed E-state index contributed by atoms with van der Waals surface area (Å²) in [6.45, 7) is 3.63. The lowest BCUT2D eigenvalue weighted by Crippen LogP contribution is -2.20. The largest absolute Gasteiger partial charge is 0.330 e. The van der Waals surface area contributed by atoms with E-state index < -0.39 is 0 Å². The Morgan fingerprint density at radius 2 is 2.06 bits per heavy atom. The average molecular weight is 248 g/mol. The molecule has 0 fully saturated rings. The van der Waals surface area contributed by atoms with Crippen LogP contribution in [0.3, 0.4) is 0 Å². The van der Waals surface area contributed by atoms with E-state index in [2.05, 4.69) is 45.4 Å². The van der Waals surface area contributed by atoms with E-state index in [1.165, 1.54) is 17.1 Å². The standard InChI is InChI=1S/C12H16N4S/c1-10-3-5-11(6-4-10)16(8-2-7-13)12-14-9-15-17-12/h3-6,9H,2,7-8,13H2,1H3. The number of hydrogen-bond acceptors (Lipinski definition) is 5. The summed E-state index contributed by atoms with van der Waals surface area (Å²) >= 11 is 1.40. The molecule has 0 bridgehead atoms. The number of nitrogens with zero attached hydrogens (tertiary/aromatic N) is 3. The third-order valence-electron chi connectivity index (χ3n) is 2.51. The molecule has 90 valence electrons. The predicted molar refractivity (Wildman–Crippen MR) is 71.8 cm³/mol. The van der Waals surface area contributed by atoms with Crippen molar-refractivity contribution in [2.75, 3.05) is 18.0 Å². The first-order valence-electron chi connectivity index (χ1n) is 5.62. The fourth-order valence-electron chi connectivity index (χ4n) is 1.60. The zero-order valence-electron chi connectivity index (χ0n) is 9.84. The van der Waals surface area contributed by atoms with E-state index in [0.29, 0.717) is 6.54 Å². The van der Waals surface area contributed by atoms with Crippen LogP contribution in [0.2, 0.25) is 0 Å². The maximum Gasteiger partial charge on any atom is 0.209 e. The second kappa shape index (κ2) is 5.75. The lowest BCUT2D eigenvalue weighted by atomic mass is 10.2. The number of aryl methyl sites for hydroxylation is 1. The van der Waals surface area contributed by atoms with Crippen molar-refractivity contribution < 1.29 is 0 Å². The minimum absolute atomic E-state index is 0.682. The van der Waals surface area contributed by atoms with Crippen LogP contribution in [0.1, 0.15) is 12.0 Å². The van der Waals surface area contributed by atoms with Crippen molar-refractivity contribution in [1.29, 1.82) is 0 Å². The smallest absolute Gasteiger partial charge is 0.209 e. The number of rotatable bonds is 5. The first-order valence-corrected chi connectivity index (χ1v) is 6.39. The zero-order chi connectivity index (χ0) is 12.1. The van der Waals surface area contributed by atoms with Crippen LogP contribution in [-0.2, 0) is 0 Å². The van der Waals surface area contributed by atoms with Gasteiger partial charge in [-0.3, -0.25) is 0 Å². The molecule has 5 heteroatoms. The van der Waals surface area contributed by atoms with Gasteiger partial charge in [-0.15, -0.1) is 0 Å². The molecule has 17 heavy (non-hydrogen) atoms. The molecule has 0 radical (unpaired) electrons. The molecule has 0 saturated carbocycles. The van der Waals surface area contributed by atoms with Crippen LogP contribution in [0, 0.1) is 6.92 Å². The van der Waals surface area contributed by atoms with Gasteiger partial charge in [0.1, 0.15) is 6.33 Å². The van der Waals surface area contributed by atoms with Crippen LogP contribution in [0.4, 0.5) is 10.8 Å². The van der Waals surface area contributed by atoms with Gasteiger partial charge in [0.15, 0.2) is 0 Å². The van der Waals surface area contributed by atoms with Crippen molar-refractivity contribution >= 4 is 22.4 Å². The van der Waals surface area contributed by atoms with Crippen molar-refractivity contribution in [3.8, 4) is 0 Å². The Morgan fingerprint density at radius 3 is 2.65 bits per heavy atom. The van der Waals surface area contributed by atoms with E-state index >= 15 is 0 Å². The second-order valence-corrected chi connectivity index (χ2v) is 4.61. The molecule has 0 unspecified atom stereocenters. The Morgan fingerprint density at radius 1 is 1.29 bits per heavy atom. The third kappa shape index (κ3) is 3.01. The third-order valence-corrected chi connectivity index (χ3v) is 3.20. The lowest BCUT2D eigenvalue weighted by molar-refractivity contribution is 0.815. The van der Waals surface area contributed by atoms with Gasteiger partial charge in [-0.1, -0.05) is 17.7 Å². The lowest BCUT2D eigenvalue weighted by Gasteiger charge is -2.21. The van der Waals surface area contributed by atoms with Gasteiger partial charge in [-0.2, -0.15) is 4.37 Å². The molecular formula is C12H16N4S. The summed E-state index contributed by atoms with van der Waals surface area (Å²) in [4.78, 5) is 6.42. The summed E-state index contributed by atoms with van der Waals surface area (Å²) < 4.78 is 4.05. The van der Waals surface area contributed by atoms with Gasteiger partial charge in [0.05, 0.1) is 0 Å². The molecular weight excluding hydrogens is 232 g/mol. The van der Waals surface area contributed by atoms with E-state index in [1.54, 1.807) is 6.33 Å². The zero-order valence-corrected chi connectivity index (χ0v) is 10.7. The molecule has 1 heterocycles. The van der Waals surface area contributed by atoms with Gasteiger partial charge in [0.25, 0.3) is 0 Å². The second-order valence-electron chi connectivity index (χ2n) is 3.85. The number of anilines is 2. The fourth-order valence-corrected chi connectivity index (χ4v) is 2.17. The number of hydrogen-bond donors (Lipinski definition) is 1. The van der Waals surface area contributed by atoms with Crippen molar-refractivity contribution in [3.63, 3.8) is 0 Å². The summed E-state index contributed by atoms with van der Waals surface area (Å²) in [6, 6.07) is 8.41. The monoisotopic (exact) mass is 248 g/mol.